The summed E-state index contributed by atoms with van der Waals surface area (Å²) in [5.41, 5.74) is 12.2. The molecule has 198 valence electrons. The molecule has 0 radical (unpaired) electrons. The topological polar surface area (TPSA) is 163 Å². The van der Waals surface area contributed by atoms with Crippen molar-refractivity contribution in [3.8, 4) is 11.3 Å². The Balaban J connectivity index is 1.54. The number of amides is 2. The molecule has 1 aliphatic rings. The van der Waals surface area contributed by atoms with Gasteiger partial charge in [-0.05, 0) is 17.7 Å². The first-order valence-electron chi connectivity index (χ1n) is 11.9. The Morgan fingerprint density at radius 2 is 1.82 bits per heavy atom. The number of carbonyl (C=O) groups is 3. The van der Waals surface area contributed by atoms with E-state index in [2.05, 4.69) is 19.6 Å². The number of anilines is 1. The van der Waals surface area contributed by atoms with Crippen LogP contribution in [0.1, 0.15) is 26.4 Å². The van der Waals surface area contributed by atoms with Crippen LogP contribution in [0.4, 0.5) is 10.6 Å². The predicted octanol–water partition coefficient (Wildman–Crippen LogP) is 1.87. The van der Waals surface area contributed by atoms with Crippen LogP contribution in [0.3, 0.4) is 0 Å². The molecular weight excluding hydrogens is 492 g/mol. The van der Waals surface area contributed by atoms with Gasteiger partial charge in [0.05, 0.1) is 38.3 Å². The molecule has 0 saturated carbocycles. The summed E-state index contributed by atoms with van der Waals surface area (Å²) in [5.74, 6) is -1.70. The zero-order chi connectivity index (χ0) is 26.9. The Hall–Kier alpha value is -4.39. The van der Waals surface area contributed by atoms with E-state index in [4.69, 9.17) is 21.0 Å². The van der Waals surface area contributed by atoms with Crippen molar-refractivity contribution in [2.24, 2.45) is 5.73 Å². The van der Waals surface area contributed by atoms with Crippen molar-refractivity contribution in [3.63, 3.8) is 0 Å². The van der Waals surface area contributed by atoms with Crippen molar-refractivity contribution >= 4 is 23.8 Å². The minimum Gasteiger partial charge on any atom is -0.382 e. The molecule has 0 atom stereocenters. The number of hydrogen-bond acceptors (Lipinski definition) is 10. The largest absolute Gasteiger partial charge is 0.412 e. The summed E-state index contributed by atoms with van der Waals surface area (Å²) in [6.45, 7) is 4.22. The normalized spacial score (nSPS) is 13.6. The Morgan fingerprint density at radius 3 is 2.55 bits per heavy atom. The summed E-state index contributed by atoms with van der Waals surface area (Å²) in [6.07, 6.45) is 0.0573. The molecule has 1 aliphatic heterocycles. The van der Waals surface area contributed by atoms with Crippen molar-refractivity contribution in [1.82, 2.24) is 19.9 Å². The lowest BCUT2D eigenvalue weighted by Crippen LogP contribution is -2.40. The Kier molecular flexibility index (Phi) is 8.93. The van der Waals surface area contributed by atoms with E-state index in [1.807, 2.05) is 30.3 Å². The van der Waals surface area contributed by atoms with Gasteiger partial charge in [-0.1, -0.05) is 42.5 Å². The highest BCUT2D eigenvalue weighted by Crippen LogP contribution is 2.22. The molecule has 2 heterocycles. The molecule has 0 spiro atoms. The van der Waals surface area contributed by atoms with Crippen molar-refractivity contribution in [2.45, 2.75) is 6.54 Å². The van der Waals surface area contributed by atoms with Crippen LogP contribution in [0.5, 0.6) is 0 Å². The summed E-state index contributed by atoms with van der Waals surface area (Å²) in [4.78, 5) is 52.9. The smallest absolute Gasteiger partial charge is 0.382 e. The number of hydroxylamine groups is 2. The zero-order valence-corrected chi connectivity index (χ0v) is 20.6. The molecule has 12 nitrogen and oxygen atoms in total. The summed E-state index contributed by atoms with van der Waals surface area (Å²) < 4.78 is 9.75. The van der Waals surface area contributed by atoms with E-state index in [-0.39, 0.29) is 29.7 Å². The fourth-order valence-electron chi connectivity index (χ4n) is 3.81. The van der Waals surface area contributed by atoms with Crippen LogP contribution in [0.2, 0.25) is 0 Å². The highest BCUT2D eigenvalue weighted by molar-refractivity contribution is 5.98. The number of esters is 1. The second-order valence-electron chi connectivity index (χ2n) is 8.39. The van der Waals surface area contributed by atoms with Crippen LogP contribution in [0.25, 0.3) is 11.3 Å². The van der Waals surface area contributed by atoms with Gasteiger partial charge in [-0.3, -0.25) is 14.5 Å². The lowest BCUT2D eigenvalue weighted by atomic mass is 10.1. The van der Waals surface area contributed by atoms with Gasteiger partial charge >= 0.3 is 12.1 Å². The minimum atomic E-state index is -1.29. The SMILES string of the molecule is NC(=O)OC(=O)c1nc(-c2cccc(C(=O)N(Cc3ccccc3)OCCN3CCOCC3)c2)cnc1N. The number of primary amides is 1. The van der Waals surface area contributed by atoms with Crippen LogP contribution < -0.4 is 11.5 Å². The standard InChI is InChI=1S/C26H28N6O6/c27-23-22(25(34)38-26(28)35)30-21(16-29-23)19-7-4-8-20(15-19)24(33)32(17-18-5-2-1-3-6-18)37-14-11-31-9-12-36-13-10-31/h1-8,15-16H,9-14,17H2,(H2,27,29)(H2,28,35). The molecule has 0 bridgehead atoms. The van der Waals surface area contributed by atoms with Gasteiger partial charge in [0.1, 0.15) is 0 Å². The summed E-state index contributed by atoms with van der Waals surface area (Å²) >= 11 is 0. The van der Waals surface area contributed by atoms with Crippen LogP contribution >= 0.6 is 0 Å². The molecule has 2 amide bonds. The molecule has 0 aliphatic carbocycles. The van der Waals surface area contributed by atoms with Crippen LogP contribution in [-0.2, 0) is 20.9 Å². The Morgan fingerprint density at radius 1 is 1.05 bits per heavy atom. The first kappa shape index (κ1) is 26.7. The number of nitrogen functional groups attached to an aromatic ring is 1. The third-order valence-electron chi connectivity index (χ3n) is 5.75. The van der Waals surface area contributed by atoms with Crippen LogP contribution in [-0.4, -0.2) is 77.4 Å². The Labute approximate surface area is 219 Å². The monoisotopic (exact) mass is 520 g/mol. The number of hydrogen-bond donors (Lipinski definition) is 2. The molecule has 38 heavy (non-hydrogen) atoms. The van der Waals surface area contributed by atoms with Gasteiger partial charge in [-0.25, -0.2) is 24.6 Å². The molecule has 3 aromatic rings. The second-order valence-corrected chi connectivity index (χ2v) is 8.39. The lowest BCUT2D eigenvalue weighted by molar-refractivity contribution is -0.136. The van der Waals surface area contributed by atoms with Gasteiger partial charge in [-0.2, -0.15) is 0 Å². The molecule has 12 heteroatoms. The maximum Gasteiger partial charge on any atom is 0.412 e. The number of morpholine rings is 1. The quantitative estimate of drug-likeness (QED) is 0.242. The fraction of sp³-hybridized carbons (Fsp3) is 0.269. The molecule has 4 N–H and O–H groups in total. The van der Waals surface area contributed by atoms with Gasteiger partial charge in [0, 0.05) is 30.8 Å². The second kappa shape index (κ2) is 12.7. The highest BCUT2D eigenvalue weighted by Gasteiger charge is 2.21. The van der Waals surface area contributed by atoms with Gasteiger partial charge in [-0.15, -0.1) is 0 Å². The number of nitrogens with two attached hydrogens (primary N) is 2. The van der Waals surface area contributed by atoms with E-state index in [0.717, 1.165) is 18.7 Å². The maximum atomic E-state index is 13.6. The van der Waals surface area contributed by atoms with E-state index >= 15 is 0 Å². The van der Waals surface area contributed by atoms with Crippen molar-refractivity contribution in [2.75, 3.05) is 45.2 Å². The summed E-state index contributed by atoms with van der Waals surface area (Å²) in [6, 6.07) is 16.2. The summed E-state index contributed by atoms with van der Waals surface area (Å²) in [7, 11) is 0. The number of rotatable bonds is 9. The first-order valence-corrected chi connectivity index (χ1v) is 11.9. The molecule has 1 saturated heterocycles. The Bertz CT molecular complexity index is 1280. The molecular formula is C26H28N6O6. The van der Waals surface area contributed by atoms with Gasteiger partial charge in [0.15, 0.2) is 11.5 Å². The molecule has 1 aromatic heterocycles. The number of ether oxygens (including phenoxy) is 2. The fourth-order valence-corrected chi connectivity index (χ4v) is 3.81. The highest BCUT2D eigenvalue weighted by atomic mass is 16.7. The molecule has 1 fully saturated rings. The number of aromatic nitrogens is 2. The average Bonchev–Trinajstić information content (AvgIpc) is 2.93. The van der Waals surface area contributed by atoms with E-state index in [9.17, 15) is 14.4 Å². The van der Waals surface area contributed by atoms with E-state index < -0.39 is 12.1 Å². The molecule has 4 rings (SSSR count). The van der Waals surface area contributed by atoms with E-state index in [1.165, 1.54) is 11.3 Å². The van der Waals surface area contributed by atoms with Crippen LogP contribution in [0, 0.1) is 0 Å². The van der Waals surface area contributed by atoms with Crippen LogP contribution in [0.15, 0.2) is 60.8 Å². The third kappa shape index (κ3) is 7.09. The van der Waals surface area contributed by atoms with Crippen molar-refractivity contribution in [1.29, 1.82) is 0 Å². The maximum absolute atomic E-state index is 13.6. The number of benzene rings is 2. The lowest BCUT2D eigenvalue weighted by Gasteiger charge is -2.28. The van der Waals surface area contributed by atoms with Crippen molar-refractivity contribution < 1.29 is 28.7 Å². The summed E-state index contributed by atoms with van der Waals surface area (Å²) in [5, 5.41) is 1.33. The molecule has 2 aromatic carbocycles. The van der Waals surface area contributed by atoms with Crippen molar-refractivity contribution in [3.05, 3.63) is 77.6 Å². The third-order valence-corrected chi connectivity index (χ3v) is 5.75. The zero-order valence-electron chi connectivity index (χ0n) is 20.6. The van der Waals surface area contributed by atoms with Gasteiger partial charge in [0.2, 0.25) is 0 Å². The first-order chi connectivity index (χ1) is 18.4. The van der Waals surface area contributed by atoms with Gasteiger partial charge < -0.3 is 20.9 Å². The van der Waals surface area contributed by atoms with Gasteiger partial charge in [0.25, 0.3) is 5.91 Å². The van der Waals surface area contributed by atoms with E-state index in [0.29, 0.717) is 37.5 Å². The molecule has 0 unspecified atom stereocenters. The number of nitrogens with zero attached hydrogens (tertiary/aromatic N) is 4. The minimum absolute atomic E-state index is 0.227. The van der Waals surface area contributed by atoms with E-state index in [1.54, 1.807) is 24.3 Å². The predicted molar refractivity (Wildman–Crippen MR) is 136 cm³/mol. The average molecular weight is 521 g/mol. The number of carbonyl (C=O) groups excluding carboxylic acids is 3.